The van der Waals surface area contributed by atoms with Crippen molar-refractivity contribution in [1.29, 1.82) is 0 Å². The van der Waals surface area contributed by atoms with E-state index >= 15 is 0 Å². The van der Waals surface area contributed by atoms with E-state index in [-0.39, 0.29) is 5.78 Å². The Kier molecular flexibility index (Phi) is 11.1. The molecule has 0 aliphatic carbocycles. The van der Waals surface area contributed by atoms with Crippen LogP contribution < -0.4 is 9.47 Å². The number of allylic oxidation sites excluding steroid dienone is 2. The molecule has 0 saturated carbocycles. The molecule has 2 aromatic carbocycles. The zero-order chi connectivity index (χ0) is 21.4. The summed E-state index contributed by atoms with van der Waals surface area (Å²) in [7, 11) is 0. The summed E-state index contributed by atoms with van der Waals surface area (Å²) in [5, 5.41) is 0. The molecule has 0 aliphatic rings. The Labute approximate surface area is 181 Å². The van der Waals surface area contributed by atoms with Gasteiger partial charge in [0.2, 0.25) is 0 Å². The number of hydrogen-bond acceptors (Lipinski definition) is 3. The highest BCUT2D eigenvalue weighted by molar-refractivity contribution is 6.04. The largest absolute Gasteiger partial charge is 0.494 e. The molecule has 0 atom stereocenters. The van der Waals surface area contributed by atoms with E-state index in [0.29, 0.717) is 0 Å². The number of hydrogen-bond donors (Lipinski definition) is 0. The van der Waals surface area contributed by atoms with Crippen LogP contribution in [0.4, 0.5) is 0 Å². The fourth-order valence-corrected chi connectivity index (χ4v) is 2.85. The van der Waals surface area contributed by atoms with Crippen LogP contribution in [0.25, 0.3) is 12.2 Å². The summed E-state index contributed by atoms with van der Waals surface area (Å²) < 4.78 is 11.4. The lowest BCUT2D eigenvalue weighted by Gasteiger charge is -2.05. The maximum absolute atomic E-state index is 12.1. The first-order chi connectivity index (χ1) is 14.7. The highest BCUT2D eigenvalue weighted by Gasteiger charge is 1.97. The van der Waals surface area contributed by atoms with E-state index in [1.165, 1.54) is 25.7 Å². The third kappa shape index (κ3) is 9.60. The fraction of sp³-hybridized carbons (Fsp3) is 0.370. The van der Waals surface area contributed by atoms with Gasteiger partial charge in [0.15, 0.2) is 5.78 Å². The van der Waals surface area contributed by atoms with Gasteiger partial charge in [0, 0.05) is 0 Å². The average molecular weight is 407 g/mol. The number of rotatable bonds is 14. The first kappa shape index (κ1) is 23.5. The Morgan fingerprint density at radius 3 is 1.43 bits per heavy atom. The van der Waals surface area contributed by atoms with Crippen LogP contribution in [-0.2, 0) is 4.79 Å². The van der Waals surface area contributed by atoms with Crippen molar-refractivity contribution >= 4 is 17.9 Å². The molecule has 0 bridgehead atoms. The van der Waals surface area contributed by atoms with Gasteiger partial charge in [-0.2, -0.15) is 0 Å². The number of ether oxygens (including phenoxy) is 2. The maximum Gasteiger partial charge on any atom is 0.178 e. The molecule has 0 N–H and O–H groups in total. The van der Waals surface area contributed by atoms with Gasteiger partial charge in [-0.05, 0) is 60.4 Å². The molecule has 160 valence electrons. The number of benzene rings is 2. The van der Waals surface area contributed by atoms with Crippen molar-refractivity contribution in [3.8, 4) is 11.5 Å². The van der Waals surface area contributed by atoms with E-state index in [0.717, 1.165) is 48.7 Å². The molecule has 3 heteroatoms. The summed E-state index contributed by atoms with van der Waals surface area (Å²) in [4.78, 5) is 12.1. The molecule has 0 heterocycles. The van der Waals surface area contributed by atoms with Crippen LogP contribution in [0.2, 0.25) is 0 Å². The Bertz CT molecular complexity index is 718. The van der Waals surface area contributed by atoms with Crippen molar-refractivity contribution in [2.45, 2.75) is 52.4 Å². The topological polar surface area (TPSA) is 35.5 Å². The predicted octanol–water partition coefficient (Wildman–Crippen LogP) is 7.12. The van der Waals surface area contributed by atoms with Gasteiger partial charge in [-0.3, -0.25) is 4.79 Å². The standard InChI is InChI=1S/C27H34O3/c1-3-5-7-21-29-26-17-11-23(12-18-26)9-15-25(28)16-10-24-13-19-27(20-14-24)30-22-8-6-4-2/h9-20H,3-8,21-22H2,1-2H3. The third-order valence-electron chi connectivity index (χ3n) is 4.67. The van der Waals surface area contributed by atoms with E-state index in [9.17, 15) is 4.79 Å². The van der Waals surface area contributed by atoms with E-state index in [2.05, 4.69) is 13.8 Å². The van der Waals surface area contributed by atoms with Crippen molar-refractivity contribution in [2.75, 3.05) is 13.2 Å². The number of ketones is 1. The van der Waals surface area contributed by atoms with Crippen LogP contribution in [0.3, 0.4) is 0 Å². The lowest BCUT2D eigenvalue weighted by atomic mass is 10.1. The van der Waals surface area contributed by atoms with E-state index < -0.39 is 0 Å². The monoisotopic (exact) mass is 406 g/mol. The van der Waals surface area contributed by atoms with Gasteiger partial charge in [-0.15, -0.1) is 0 Å². The first-order valence-electron chi connectivity index (χ1n) is 11.1. The van der Waals surface area contributed by atoms with Crippen molar-refractivity contribution in [1.82, 2.24) is 0 Å². The number of carbonyl (C=O) groups is 1. The quantitative estimate of drug-likeness (QED) is 0.247. The van der Waals surface area contributed by atoms with Crippen LogP contribution in [0.5, 0.6) is 11.5 Å². The van der Waals surface area contributed by atoms with E-state index in [1.54, 1.807) is 12.2 Å². The molecule has 0 unspecified atom stereocenters. The second-order valence-electron chi connectivity index (χ2n) is 7.32. The number of unbranched alkanes of at least 4 members (excludes halogenated alkanes) is 4. The molecule has 3 nitrogen and oxygen atoms in total. The zero-order valence-corrected chi connectivity index (χ0v) is 18.3. The molecule has 2 rings (SSSR count). The van der Waals surface area contributed by atoms with Gasteiger partial charge >= 0.3 is 0 Å². The fourth-order valence-electron chi connectivity index (χ4n) is 2.85. The van der Waals surface area contributed by atoms with Gasteiger partial charge in [-0.1, -0.05) is 75.9 Å². The van der Waals surface area contributed by atoms with E-state index in [1.807, 2.05) is 60.7 Å². The van der Waals surface area contributed by atoms with Gasteiger partial charge in [0.1, 0.15) is 11.5 Å². The zero-order valence-electron chi connectivity index (χ0n) is 18.3. The average Bonchev–Trinajstić information content (AvgIpc) is 2.78. The summed E-state index contributed by atoms with van der Waals surface area (Å²) in [6, 6.07) is 15.6. The SMILES string of the molecule is CCCCCOc1ccc(C=CC(=O)C=Cc2ccc(OCCCCC)cc2)cc1. The molecular formula is C27H34O3. The van der Waals surface area contributed by atoms with Gasteiger partial charge in [-0.25, -0.2) is 0 Å². The van der Waals surface area contributed by atoms with Crippen molar-refractivity contribution < 1.29 is 14.3 Å². The number of carbonyl (C=O) groups excluding carboxylic acids is 1. The lowest BCUT2D eigenvalue weighted by molar-refractivity contribution is -0.110. The van der Waals surface area contributed by atoms with Crippen LogP contribution in [0.1, 0.15) is 63.5 Å². The Balaban J connectivity index is 1.77. The summed E-state index contributed by atoms with van der Waals surface area (Å²) in [6.07, 6.45) is 13.7. The summed E-state index contributed by atoms with van der Waals surface area (Å²) in [6.45, 7) is 5.85. The second-order valence-corrected chi connectivity index (χ2v) is 7.32. The molecular weight excluding hydrogens is 372 g/mol. The Morgan fingerprint density at radius 1 is 0.667 bits per heavy atom. The minimum Gasteiger partial charge on any atom is -0.494 e. The first-order valence-corrected chi connectivity index (χ1v) is 11.1. The summed E-state index contributed by atoms with van der Waals surface area (Å²) in [5.41, 5.74) is 1.95. The Hall–Kier alpha value is -2.81. The van der Waals surface area contributed by atoms with Gasteiger partial charge < -0.3 is 9.47 Å². The maximum atomic E-state index is 12.1. The van der Waals surface area contributed by atoms with Crippen LogP contribution in [-0.4, -0.2) is 19.0 Å². The minimum absolute atomic E-state index is 0.0465. The summed E-state index contributed by atoms with van der Waals surface area (Å²) in [5.74, 6) is 1.69. The molecule has 0 aliphatic heterocycles. The normalized spacial score (nSPS) is 11.3. The lowest BCUT2D eigenvalue weighted by Crippen LogP contribution is -1.96. The molecule has 30 heavy (non-hydrogen) atoms. The Morgan fingerprint density at radius 2 is 1.07 bits per heavy atom. The molecule has 0 radical (unpaired) electrons. The van der Waals surface area contributed by atoms with Crippen molar-refractivity contribution in [3.05, 3.63) is 71.8 Å². The van der Waals surface area contributed by atoms with E-state index in [4.69, 9.17) is 9.47 Å². The van der Waals surface area contributed by atoms with Gasteiger partial charge in [0.05, 0.1) is 13.2 Å². The van der Waals surface area contributed by atoms with Gasteiger partial charge in [0.25, 0.3) is 0 Å². The molecule has 0 amide bonds. The van der Waals surface area contributed by atoms with Crippen LogP contribution >= 0.6 is 0 Å². The predicted molar refractivity (Wildman–Crippen MR) is 126 cm³/mol. The van der Waals surface area contributed by atoms with Crippen LogP contribution in [0.15, 0.2) is 60.7 Å². The minimum atomic E-state index is -0.0465. The molecule has 0 aromatic heterocycles. The smallest absolute Gasteiger partial charge is 0.178 e. The third-order valence-corrected chi connectivity index (χ3v) is 4.67. The molecule has 0 spiro atoms. The molecule has 2 aromatic rings. The van der Waals surface area contributed by atoms with Crippen molar-refractivity contribution in [3.63, 3.8) is 0 Å². The van der Waals surface area contributed by atoms with Crippen molar-refractivity contribution in [2.24, 2.45) is 0 Å². The highest BCUT2D eigenvalue weighted by atomic mass is 16.5. The summed E-state index contributed by atoms with van der Waals surface area (Å²) >= 11 is 0. The second kappa shape index (κ2) is 14.2. The molecule has 0 saturated heterocycles. The molecule has 0 fully saturated rings. The highest BCUT2D eigenvalue weighted by Crippen LogP contribution is 2.15. The van der Waals surface area contributed by atoms with Crippen LogP contribution in [0, 0.1) is 0 Å².